The zero-order chi connectivity index (χ0) is 31.3. The van der Waals surface area contributed by atoms with Crippen molar-refractivity contribution in [1.82, 2.24) is 9.80 Å². The molecule has 2 unspecified atom stereocenters. The Morgan fingerprint density at radius 1 is 1.16 bits per heavy atom. The lowest BCUT2D eigenvalue weighted by Crippen LogP contribution is -2.57. The molecule has 1 N–H and O–H groups in total. The summed E-state index contributed by atoms with van der Waals surface area (Å²) in [5.74, 6) is -0.653. The third-order valence-corrected chi connectivity index (χ3v) is 11.0. The number of unbranched alkanes of at least 4 members (excludes halogenated alkanes) is 1. The number of nitrogens with zero attached hydrogens (tertiary/aromatic N) is 3. The molecule has 6 atom stereocenters. The minimum Gasteiger partial charge on any atom is -0.494 e. The number of aliphatic hydroxyl groups is 1. The van der Waals surface area contributed by atoms with Crippen LogP contribution in [0, 0.1) is 17.8 Å². The molecule has 3 saturated heterocycles. The van der Waals surface area contributed by atoms with E-state index in [0.29, 0.717) is 39.1 Å². The fraction of sp³-hybridized carbons (Fsp3) is 0.618. The quantitative estimate of drug-likeness (QED) is 0.267. The van der Waals surface area contributed by atoms with E-state index in [4.69, 9.17) is 4.74 Å². The Kier molecular flexibility index (Phi) is 11.0. The molecule has 1 spiro atoms. The summed E-state index contributed by atoms with van der Waals surface area (Å²) in [6.07, 6.45) is 7.25. The van der Waals surface area contributed by atoms with Gasteiger partial charge in [-0.05, 0) is 62.8 Å². The Morgan fingerprint density at radius 2 is 1.86 bits per heavy atom. The van der Waals surface area contributed by atoms with Crippen molar-refractivity contribution in [3.8, 4) is 5.75 Å². The molecule has 0 aromatic heterocycles. The van der Waals surface area contributed by atoms with Gasteiger partial charge in [-0.15, -0.1) is 24.9 Å². The number of rotatable bonds is 16. The second kappa shape index (κ2) is 14.3. The van der Waals surface area contributed by atoms with Crippen LogP contribution in [-0.2, 0) is 14.4 Å². The summed E-state index contributed by atoms with van der Waals surface area (Å²) in [6, 6.07) is 6.19. The Hall–Kier alpha value is -2.78. The fourth-order valence-electron chi connectivity index (χ4n) is 7.36. The highest BCUT2D eigenvalue weighted by molar-refractivity contribution is 8.02. The van der Waals surface area contributed by atoms with Crippen molar-refractivity contribution in [3.05, 3.63) is 49.6 Å². The van der Waals surface area contributed by atoms with Crippen molar-refractivity contribution in [1.29, 1.82) is 0 Å². The molecule has 1 aromatic rings. The number of amides is 3. The number of carbonyl (C=O) groups is 3. The van der Waals surface area contributed by atoms with Crippen LogP contribution < -0.4 is 9.64 Å². The number of hydrogen-bond acceptors (Lipinski definition) is 6. The molecule has 0 aliphatic carbocycles. The first-order chi connectivity index (χ1) is 20.7. The standard InChI is InChI=1S/C34H49N3O5S/c1-7-11-20-35(18-8-2)33(41)30-34-17-16-27(43-34)28(29(34)32(40)37(30)25(22-38)21-23(5)6)31(39)36(19-9-3)24-12-14-26(15-13-24)42-10-4/h8-9,12-15,23,25,27-30,38H,2-3,7,10-11,16-22H2,1,4-6H3/t25-,27-,28+,29+,30?,34?/m1/s1. The number of ether oxygens (including phenoxy) is 1. The molecule has 3 aliphatic heterocycles. The molecule has 0 saturated carbocycles. The highest BCUT2D eigenvalue weighted by atomic mass is 32.2. The molecular weight excluding hydrogens is 562 g/mol. The lowest BCUT2D eigenvalue weighted by atomic mass is 9.70. The molecule has 236 valence electrons. The van der Waals surface area contributed by atoms with Gasteiger partial charge in [0.2, 0.25) is 17.7 Å². The molecule has 1 aromatic carbocycles. The summed E-state index contributed by atoms with van der Waals surface area (Å²) < 4.78 is 4.88. The maximum absolute atomic E-state index is 14.6. The first-order valence-corrected chi connectivity index (χ1v) is 16.7. The average Bonchev–Trinajstić information content (AvgIpc) is 3.64. The second-order valence-corrected chi connectivity index (χ2v) is 14.0. The summed E-state index contributed by atoms with van der Waals surface area (Å²) in [6.45, 7) is 17.5. The number of thioether (sulfide) groups is 1. The number of likely N-dealkylation sites (tertiary alicyclic amines) is 1. The summed E-state index contributed by atoms with van der Waals surface area (Å²) in [5, 5.41) is 10.5. The minimum atomic E-state index is -0.733. The molecule has 3 heterocycles. The van der Waals surface area contributed by atoms with Gasteiger partial charge in [-0.1, -0.05) is 39.3 Å². The highest BCUT2D eigenvalue weighted by Gasteiger charge is 2.74. The van der Waals surface area contributed by atoms with Crippen LogP contribution in [0.5, 0.6) is 5.75 Å². The first-order valence-electron chi connectivity index (χ1n) is 15.8. The molecule has 4 rings (SSSR count). The van der Waals surface area contributed by atoms with Gasteiger partial charge in [0, 0.05) is 30.6 Å². The zero-order valence-electron chi connectivity index (χ0n) is 26.2. The van der Waals surface area contributed by atoms with Gasteiger partial charge in [0.15, 0.2) is 0 Å². The maximum atomic E-state index is 14.6. The van der Waals surface area contributed by atoms with Crippen LogP contribution in [0.1, 0.15) is 59.8 Å². The SMILES string of the molecule is C=CCN(CCCC)C(=O)C1N([C@@H](CO)CC(C)C)C(=O)[C@@H]2[C@@H](C(=O)N(CC=C)c3ccc(OCC)cc3)[C@H]3CCC12S3. The monoisotopic (exact) mass is 611 g/mol. The van der Waals surface area contributed by atoms with Gasteiger partial charge in [0.05, 0.1) is 35.8 Å². The highest BCUT2D eigenvalue weighted by Crippen LogP contribution is 2.67. The number of hydrogen-bond donors (Lipinski definition) is 1. The van der Waals surface area contributed by atoms with Crippen molar-refractivity contribution < 1.29 is 24.2 Å². The van der Waals surface area contributed by atoms with E-state index in [1.54, 1.807) is 33.7 Å². The van der Waals surface area contributed by atoms with Gasteiger partial charge in [0.25, 0.3) is 0 Å². The van der Waals surface area contributed by atoms with E-state index >= 15 is 0 Å². The van der Waals surface area contributed by atoms with Gasteiger partial charge in [-0.25, -0.2) is 0 Å². The lowest BCUT2D eigenvalue weighted by molar-refractivity contribution is -0.146. The molecule has 8 nitrogen and oxygen atoms in total. The molecule has 9 heteroatoms. The van der Waals surface area contributed by atoms with Gasteiger partial charge in [-0.2, -0.15) is 0 Å². The van der Waals surface area contributed by atoms with Gasteiger partial charge < -0.3 is 24.5 Å². The number of benzene rings is 1. The van der Waals surface area contributed by atoms with E-state index < -0.39 is 28.7 Å². The smallest absolute Gasteiger partial charge is 0.247 e. The fourth-order valence-corrected chi connectivity index (χ4v) is 9.55. The third kappa shape index (κ3) is 6.25. The topological polar surface area (TPSA) is 90.4 Å². The van der Waals surface area contributed by atoms with Crippen molar-refractivity contribution in [2.24, 2.45) is 17.8 Å². The second-order valence-electron chi connectivity index (χ2n) is 12.4. The van der Waals surface area contributed by atoms with Gasteiger partial charge in [-0.3, -0.25) is 14.4 Å². The van der Waals surface area contributed by atoms with Crippen LogP contribution in [0.15, 0.2) is 49.6 Å². The van der Waals surface area contributed by atoms with E-state index in [1.165, 1.54) is 0 Å². The van der Waals surface area contributed by atoms with Crippen molar-refractivity contribution in [3.63, 3.8) is 0 Å². The minimum absolute atomic E-state index is 0.0601. The predicted octanol–water partition coefficient (Wildman–Crippen LogP) is 4.92. The number of carbonyl (C=O) groups excluding carboxylic acids is 3. The number of fused-ring (bicyclic) bond motifs is 1. The summed E-state index contributed by atoms with van der Waals surface area (Å²) in [4.78, 5) is 48.8. The molecule has 3 fully saturated rings. The molecule has 0 radical (unpaired) electrons. The van der Waals surface area contributed by atoms with Crippen LogP contribution in [0.2, 0.25) is 0 Å². The lowest BCUT2D eigenvalue weighted by Gasteiger charge is -2.40. The van der Waals surface area contributed by atoms with Crippen LogP contribution >= 0.6 is 11.8 Å². The predicted molar refractivity (Wildman–Crippen MR) is 173 cm³/mol. The first kappa shape index (κ1) is 33.1. The number of anilines is 1. The summed E-state index contributed by atoms with van der Waals surface area (Å²) in [7, 11) is 0. The van der Waals surface area contributed by atoms with E-state index in [1.807, 2.05) is 36.1 Å². The molecule has 3 amide bonds. The normalized spacial score (nSPS) is 26.4. The van der Waals surface area contributed by atoms with Crippen molar-refractivity contribution >= 4 is 35.2 Å². The Labute approximate surface area is 261 Å². The van der Waals surface area contributed by atoms with E-state index in [2.05, 4.69) is 33.9 Å². The molecule has 3 aliphatic rings. The Balaban J connectivity index is 1.76. The Morgan fingerprint density at radius 3 is 2.44 bits per heavy atom. The molecule has 2 bridgehead atoms. The third-order valence-electron chi connectivity index (χ3n) is 9.08. The van der Waals surface area contributed by atoms with Crippen LogP contribution in [0.4, 0.5) is 5.69 Å². The van der Waals surface area contributed by atoms with E-state index in [0.717, 1.165) is 30.7 Å². The summed E-state index contributed by atoms with van der Waals surface area (Å²) >= 11 is 1.66. The van der Waals surface area contributed by atoms with Crippen LogP contribution in [-0.4, -0.2) is 87.6 Å². The average molecular weight is 612 g/mol. The number of aliphatic hydroxyl groups excluding tert-OH is 1. The molecule has 43 heavy (non-hydrogen) atoms. The van der Waals surface area contributed by atoms with E-state index in [9.17, 15) is 19.5 Å². The van der Waals surface area contributed by atoms with Gasteiger partial charge >= 0.3 is 0 Å². The molecular formula is C34H49N3O5S. The Bertz CT molecular complexity index is 1170. The zero-order valence-corrected chi connectivity index (χ0v) is 27.1. The maximum Gasteiger partial charge on any atom is 0.247 e. The largest absolute Gasteiger partial charge is 0.494 e. The van der Waals surface area contributed by atoms with Gasteiger partial charge in [0.1, 0.15) is 11.8 Å². The van der Waals surface area contributed by atoms with Crippen molar-refractivity contribution in [2.75, 3.05) is 37.7 Å². The van der Waals surface area contributed by atoms with Crippen LogP contribution in [0.25, 0.3) is 0 Å². The van der Waals surface area contributed by atoms with Crippen molar-refractivity contribution in [2.45, 2.75) is 81.9 Å². The van der Waals surface area contributed by atoms with Crippen LogP contribution in [0.3, 0.4) is 0 Å². The summed E-state index contributed by atoms with van der Waals surface area (Å²) in [5.41, 5.74) is 0.717. The van der Waals surface area contributed by atoms with E-state index in [-0.39, 0.29) is 35.5 Å².